The van der Waals surface area contributed by atoms with Crippen LogP contribution in [0.2, 0.25) is 0 Å². The Morgan fingerprint density at radius 2 is 1.97 bits per heavy atom. The maximum Gasteiger partial charge on any atom is 0.233 e. The first-order valence-corrected chi connectivity index (χ1v) is 10.2. The van der Waals surface area contributed by atoms with Crippen molar-refractivity contribution in [1.29, 1.82) is 0 Å². The molecule has 2 aromatic heterocycles. The van der Waals surface area contributed by atoms with Gasteiger partial charge < -0.3 is 23.4 Å². The van der Waals surface area contributed by atoms with Crippen LogP contribution in [0.1, 0.15) is 11.1 Å². The summed E-state index contributed by atoms with van der Waals surface area (Å²) in [5.41, 5.74) is 2.28. The van der Waals surface area contributed by atoms with Gasteiger partial charge in [0.25, 0.3) is 0 Å². The van der Waals surface area contributed by atoms with Gasteiger partial charge in [-0.2, -0.15) is 0 Å². The van der Waals surface area contributed by atoms with Gasteiger partial charge in [0.15, 0.2) is 28.2 Å². The van der Waals surface area contributed by atoms with Crippen LogP contribution in [0.15, 0.2) is 40.1 Å². The average Bonchev–Trinajstić information content (AvgIpc) is 3.40. The van der Waals surface area contributed by atoms with E-state index in [1.807, 2.05) is 34.7 Å². The van der Waals surface area contributed by atoms with Crippen LogP contribution in [0.25, 0.3) is 11.6 Å². The predicted molar refractivity (Wildman–Crippen MR) is 108 cm³/mol. The molecule has 0 radical (unpaired) electrons. The molecule has 3 aromatic rings. The van der Waals surface area contributed by atoms with E-state index in [2.05, 4.69) is 10.2 Å². The minimum atomic E-state index is 0.0676. The number of fused-ring (bicyclic) bond motifs is 1. The van der Waals surface area contributed by atoms with Crippen LogP contribution in [0.3, 0.4) is 0 Å². The SMILES string of the molecule is COc1cc2c(cc1OC)CN(C(=O)CSc1nnc(-c3ccco3)n1C)CC2. The van der Waals surface area contributed by atoms with Crippen molar-refractivity contribution in [2.75, 3.05) is 26.5 Å². The standard InChI is InChI=1S/C20H22N4O4S/c1-23-19(15-5-4-8-28-15)21-22-20(23)29-12-18(25)24-7-6-13-9-16(26-2)17(27-3)10-14(13)11-24/h4-5,8-10H,6-7,11-12H2,1-3H3. The molecule has 0 bridgehead atoms. The number of nitrogens with zero attached hydrogens (tertiary/aromatic N) is 4. The molecule has 3 heterocycles. The second kappa shape index (κ2) is 8.20. The van der Waals surface area contributed by atoms with Crippen molar-refractivity contribution in [2.24, 2.45) is 7.05 Å². The van der Waals surface area contributed by atoms with Gasteiger partial charge in [0.2, 0.25) is 5.91 Å². The molecule has 1 aliphatic heterocycles. The Balaban J connectivity index is 1.42. The maximum absolute atomic E-state index is 12.8. The van der Waals surface area contributed by atoms with Crippen LogP contribution in [0.4, 0.5) is 0 Å². The van der Waals surface area contributed by atoms with E-state index in [4.69, 9.17) is 13.9 Å². The monoisotopic (exact) mass is 414 g/mol. The van der Waals surface area contributed by atoms with Gasteiger partial charge in [0, 0.05) is 20.1 Å². The first-order valence-electron chi connectivity index (χ1n) is 9.18. The van der Waals surface area contributed by atoms with Crippen LogP contribution >= 0.6 is 11.8 Å². The van der Waals surface area contributed by atoms with Crippen LogP contribution in [-0.4, -0.2) is 52.1 Å². The largest absolute Gasteiger partial charge is 0.493 e. The second-order valence-corrected chi connectivity index (χ2v) is 7.61. The first kappa shape index (κ1) is 19.4. The molecule has 152 valence electrons. The van der Waals surface area contributed by atoms with E-state index in [1.54, 1.807) is 26.5 Å². The highest BCUT2D eigenvalue weighted by Gasteiger charge is 2.23. The zero-order chi connectivity index (χ0) is 20.4. The predicted octanol–water partition coefficient (Wildman–Crippen LogP) is 2.77. The van der Waals surface area contributed by atoms with Crippen molar-refractivity contribution in [3.63, 3.8) is 0 Å². The Morgan fingerprint density at radius 3 is 2.66 bits per heavy atom. The first-order chi connectivity index (χ1) is 14.1. The van der Waals surface area contributed by atoms with E-state index in [0.29, 0.717) is 41.3 Å². The average molecular weight is 414 g/mol. The number of benzene rings is 1. The topological polar surface area (TPSA) is 82.6 Å². The van der Waals surface area contributed by atoms with Gasteiger partial charge in [-0.3, -0.25) is 4.79 Å². The number of furan rings is 1. The molecule has 0 fully saturated rings. The Morgan fingerprint density at radius 1 is 1.21 bits per heavy atom. The number of carbonyl (C=O) groups excluding carboxylic acids is 1. The highest BCUT2D eigenvalue weighted by Crippen LogP contribution is 2.33. The maximum atomic E-state index is 12.8. The molecule has 0 saturated carbocycles. The number of aromatic nitrogens is 3. The molecular weight excluding hydrogens is 392 g/mol. The summed E-state index contributed by atoms with van der Waals surface area (Å²) in [5, 5.41) is 9.02. The fourth-order valence-electron chi connectivity index (χ4n) is 3.37. The van der Waals surface area contributed by atoms with Crippen molar-refractivity contribution >= 4 is 17.7 Å². The van der Waals surface area contributed by atoms with E-state index in [1.165, 1.54) is 17.3 Å². The zero-order valence-electron chi connectivity index (χ0n) is 16.5. The molecule has 0 N–H and O–H groups in total. The van der Waals surface area contributed by atoms with E-state index in [9.17, 15) is 4.79 Å². The van der Waals surface area contributed by atoms with E-state index >= 15 is 0 Å². The number of carbonyl (C=O) groups is 1. The Hall–Kier alpha value is -2.94. The minimum absolute atomic E-state index is 0.0676. The third-order valence-corrected chi connectivity index (χ3v) is 5.98. The summed E-state index contributed by atoms with van der Waals surface area (Å²) in [5.74, 6) is 3.05. The fraction of sp³-hybridized carbons (Fsp3) is 0.350. The van der Waals surface area contributed by atoms with Gasteiger partial charge in [-0.1, -0.05) is 11.8 Å². The quantitative estimate of drug-likeness (QED) is 0.574. The summed E-state index contributed by atoms with van der Waals surface area (Å²) in [7, 11) is 5.11. The molecule has 4 rings (SSSR count). The third-order valence-electron chi connectivity index (χ3n) is 4.97. The normalized spacial score (nSPS) is 13.3. The van der Waals surface area contributed by atoms with Crippen molar-refractivity contribution < 1.29 is 18.7 Å². The van der Waals surface area contributed by atoms with Crippen LogP contribution in [0.5, 0.6) is 11.5 Å². The lowest BCUT2D eigenvalue weighted by Crippen LogP contribution is -2.37. The molecule has 1 aromatic carbocycles. The summed E-state index contributed by atoms with van der Waals surface area (Å²) >= 11 is 1.37. The number of ether oxygens (including phenoxy) is 2. The molecule has 0 aliphatic carbocycles. The van der Waals surface area contributed by atoms with Crippen LogP contribution in [0, 0.1) is 0 Å². The molecule has 0 unspecified atom stereocenters. The number of thioether (sulfide) groups is 1. The number of hydrogen-bond acceptors (Lipinski definition) is 7. The summed E-state index contributed by atoms with van der Waals surface area (Å²) in [6.45, 7) is 1.24. The fourth-order valence-corrected chi connectivity index (χ4v) is 4.19. The van der Waals surface area contributed by atoms with E-state index in [-0.39, 0.29) is 5.91 Å². The van der Waals surface area contributed by atoms with Crippen LogP contribution in [-0.2, 0) is 24.8 Å². The van der Waals surface area contributed by atoms with Crippen molar-refractivity contribution in [3.05, 3.63) is 41.7 Å². The molecule has 29 heavy (non-hydrogen) atoms. The highest BCUT2D eigenvalue weighted by atomic mass is 32.2. The Labute approximate surface area is 172 Å². The van der Waals surface area contributed by atoms with E-state index < -0.39 is 0 Å². The number of methoxy groups -OCH3 is 2. The third kappa shape index (κ3) is 3.82. The second-order valence-electron chi connectivity index (χ2n) is 6.67. The van der Waals surface area contributed by atoms with Gasteiger partial charge >= 0.3 is 0 Å². The Bertz CT molecular complexity index is 1020. The number of hydrogen-bond donors (Lipinski definition) is 0. The lowest BCUT2D eigenvalue weighted by atomic mass is 9.99. The summed E-state index contributed by atoms with van der Waals surface area (Å²) in [6.07, 6.45) is 2.39. The molecule has 1 aliphatic rings. The summed E-state index contributed by atoms with van der Waals surface area (Å²) in [4.78, 5) is 14.6. The molecule has 1 amide bonds. The minimum Gasteiger partial charge on any atom is -0.493 e. The summed E-state index contributed by atoms with van der Waals surface area (Å²) < 4.78 is 18.0. The molecule has 0 atom stereocenters. The van der Waals surface area contributed by atoms with Gasteiger partial charge in [-0.05, 0) is 41.8 Å². The van der Waals surface area contributed by atoms with Crippen LogP contribution < -0.4 is 9.47 Å². The van der Waals surface area contributed by atoms with Gasteiger partial charge in [-0.15, -0.1) is 10.2 Å². The lowest BCUT2D eigenvalue weighted by molar-refractivity contribution is -0.129. The number of rotatable bonds is 6. The van der Waals surface area contributed by atoms with E-state index in [0.717, 1.165) is 17.7 Å². The van der Waals surface area contributed by atoms with Gasteiger partial charge in [0.05, 0.1) is 26.2 Å². The summed E-state index contributed by atoms with van der Waals surface area (Å²) in [6, 6.07) is 7.59. The van der Waals surface area contributed by atoms with Crippen molar-refractivity contribution in [1.82, 2.24) is 19.7 Å². The zero-order valence-corrected chi connectivity index (χ0v) is 17.4. The van der Waals surface area contributed by atoms with Gasteiger partial charge in [0.1, 0.15) is 0 Å². The number of amides is 1. The molecule has 8 nitrogen and oxygen atoms in total. The smallest absolute Gasteiger partial charge is 0.233 e. The van der Waals surface area contributed by atoms with Crippen molar-refractivity contribution in [2.45, 2.75) is 18.1 Å². The highest BCUT2D eigenvalue weighted by molar-refractivity contribution is 7.99. The van der Waals surface area contributed by atoms with Crippen molar-refractivity contribution in [3.8, 4) is 23.1 Å². The molecule has 0 saturated heterocycles. The van der Waals surface area contributed by atoms with Gasteiger partial charge in [-0.25, -0.2) is 0 Å². The molecule has 0 spiro atoms. The Kier molecular flexibility index (Phi) is 5.48. The molecular formula is C20H22N4O4S. The lowest BCUT2D eigenvalue weighted by Gasteiger charge is -2.29. The molecule has 9 heteroatoms.